The van der Waals surface area contributed by atoms with Crippen molar-refractivity contribution in [2.75, 3.05) is 4.90 Å². The number of hydrogen-bond donors (Lipinski definition) is 1. The maximum Gasteiger partial charge on any atom is 0.415 e. The smallest absolute Gasteiger partial charge is 0.415 e. The van der Waals surface area contributed by atoms with Crippen molar-refractivity contribution in [2.24, 2.45) is 0 Å². The number of hydrogen-bond acceptors (Lipinski definition) is 3. The topological polar surface area (TPSA) is 54.1 Å². The van der Waals surface area contributed by atoms with Crippen LogP contribution >= 0.6 is 11.6 Å². The summed E-state index contributed by atoms with van der Waals surface area (Å²) in [6.45, 7) is 10.3. The van der Waals surface area contributed by atoms with E-state index in [2.05, 4.69) is 4.85 Å². The molecule has 1 amide bonds. The van der Waals surface area contributed by atoms with Gasteiger partial charge in [-0.1, -0.05) is 17.7 Å². The highest BCUT2D eigenvalue weighted by atomic mass is 35.5. The monoisotopic (exact) mass is 280 g/mol. The van der Waals surface area contributed by atoms with Crippen molar-refractivity contribution < 1.29 is 14.6 Å². The van der Waals surface area contributed by atoms with Crippen LogP contribution in [0, 0.1) is 6.57 Å². The first kappa shape index (κ1) is 13.7. The molecule has 0 aromatic heterocycles. The quantitative estimate of drug-likeness (QED) is 0.847. The molecule has 0 saturated carbocycles. The predicted molar refractivity (Wildman–Crippen MR) is 71.6 cm³/mol. The molecule has 1 saturated heterocycles. The molecule has 0 unspecified atom stereocenters. The molecule has 1 aliphatic heterocycles. The first-order valence-electron chi connectivity index (χ1n) is 5.80. The lowest BCUT2D eigenvalue weighted by molar-refractivity contribution is 0.0994. The van der Waals surface area contributed by atoms with Crippen LogP contribution in [0.3, 0.4) is 0 Å². The third-order valence-electron chi connectivity index (χ3n) is 3.09. The van der Waals surface area contributed by atoms with Gasteiger partial charge in [-0.05, 0) is 26.0 Å². The van der Waals surface area contributed by atoms with E-state index >= 15 is 0 Å². The number of nitrogens with zero attached hydrogens (tertiary/aromatic N) is 2. The Balaban J connectivity index is 2.42. The molecule has 6 heteroatoms. The molecule has 1 heterocycles. The van der Waals surface area contributed by atoms with E-state index in [0.717, 1.165) is 0 Å². The molecule has 100 valence electrons. The van der Waals surface area contributed by atoms with Crippen molar-refractivity contribution in [3.05, 3.63) is 34.6 Å². The minimum Gasteiger partial charge on any atom is -0.444 e. The van der Waals surface area contributed by atoms with E-state index < -0.39 is 24.3 Å². The Morgan fingerprint density at radius 3 is 2.79 bits per heavy atom. The number of halogens is 1. The third kappa shape index (κ3) is 2.37. The van der Waals surface area contributed by atoms with Gasteiger partial charge in [0.2, 0.25) is 5.69 Å². The van der Waals surface area contributed by atoms with E-state index in [4.69, 9.17) is 22.9 Å². The van der Waals surface area contributed by atoms with Gasteiger partial charge in [-0.25, -0.2) is 9.64 Å². The Labute approximate surface area is 116 Å². The number of anilines is 1. The van der Waals surface area contributed by atoms with E-state index in [9.17, 15) is 9.90 Å². The van der Waals surface area contributed by atoms with Crippen molar-refractivity contribution in [3.63, 3.8) is 0 Å². The van der Waals surface area contributed by atoms with Crippen LogP contribution in [0.15, 0.2) is 18.2 Å². The summed E-state index contributed by atoms with van der Waals surface area (Å²) >= 11 is 5.96. The van der Waals surface area contributed by atoms with Gasteiger partial charge in [0.05, 0.1) is 12.7 Å². The Bertz CT molecular complexity index is 553. The lowest BCUT2D eigenvalue weighted by Crippen LogP contribution is -2.43. The standard InChI is InChI=1S/C13H13ClN2O3/c1-7(17)12-8(2)19-13(18)16(12)9-4-5-11(15-3)10(14)6-9/h4-8,12,17H,1-2H3/t7-,8-,12+/m1/s1. The molecule has 1 aromatic carbocycles. The number of carbonyl (C=O) groups excluding carboxylic acids is 1. The second-order valence-corrected chi connectivity index (χ2v) is 4.84. The Morgan fingerprint density at radius 2 is 2.26 bits per heavy atom. The highest BCUT2D eigenvalue weighted by Gasteiger charge is 2.42. The largest absolute Gasteiger partial charge is 0.444 e. The van der Waals surface area contributed by atoms with Gasteiger partial charge < -0.3 is 9.84 Å². The fraction of sp³-hybridized carbons (Fsp3) is 0.385. The predicted octanol–water partition coefficient (Wildman–Crippen LogP) is 2.99. The highest BCUT2D eigenvalue weighted by Crippen LogP contribution is 2.34. The normalized spacial score (nSPS) is 23.9. The summed E-state index contributed by atoms with van der Waals surface area (Å²) in [6.07, 6.45) is -1.67. The van der Waals surface area contributed by atoms with Crippen molar-refractivity contribution in [1.29, 1.82) is 0 Å². The molecule has 1 aromatic rings. The fourth-order valence-corrected chi connectivity index (χ4v) is 2.46. The molecular weight excluding hydrogens is 268 g/mol. The number of aliphatic hydroxyl groups is 1. The number of amides is 1. The maximum absolute atomic E-state index is 11.9. The van der Waals surface area contributed by atoms with E-state index in [0.29, 0.717) is 11.4 Å². The average Bonchev–Trinajstić information content (AvgIpc) is 2.64. The molecule has 0 aliphatic carbocycles. The van der Waals surface area contributed by atoms with Crippen LogP contribution in [0.1, 0.15) is 13.8 Å². The van der Waals surface area contributed by atoms with Crippen molar-refractivity contribution in [3.8, 4) is 0 Å². The SMILES string of the molecule is [C-]#[N+]c1ccc(N2C(=O)O[C@H](C)[C@@H]2[C@@H](C)O)cc1Cl. The zero-order chi connectivity index (χ0) is 14.2. The number of ether oxygens (including phenoxy) is 1. The Kier molecular flexibility index (Phi) is 3.65. The zero-order valence-electron chi connectivity index (χ0n) is 10.5. The molecule has 1 fully saturated rings. The van der Waals surface area contributed by atoms with Crippen LogP contribution in [0.25, 0.3) is 4.85 Å². The molecule has 2 rings (SSSR count). The van der Waals surface area contributed by atoms with Crippen LogP contribution < -0.4 is 4.90 Å². The van der Waals surface area contributed by atoms with Crippen molar-refractivity contribution in [2.45, 2.75) is 32.1 Å². The average molecular weight is 281 g/mol. The summed E-state index contributed by atoms with van der Waals surface area (Å²) in [4.78, 5) is 16.5. The molecule has 3 atom stereocenters. The summed E-state index contributed by atoms with van der Waals surface area (Å²) in [5.41, 5.74) is 0.831. The first-order chi connectivity index (χ1) is 8.95. The van der Waals surface area contributed by atoms with Gasteiger partial charge in [-0.15, -0.1) is 0 Å². The second-order valence-electron chi connectivity index (χ2n) is 4.44. The molecular formula is C13H13ClN2O3. The number of aliphatic hydroxyl groups excluding tert-OH is 1. The van der Waals surface area contributed by atoms with Crippen molar-refractivity contribution in [1.82, 2.24) is 0 Å². The minimum atomic E-state index is -0.735. The lowest BCUT2D eigenvalue weighted by atomic mass is 10.1. The van der Waals surface area contributed by atoms with Crippen LogP contribution in [0.5, 0.6) is 0 Å². The van der Waals surface area contributed by atoms with Crippen LogP contribution in [-0.4, -0.2) is 29.4 Å². The van der Waals surface area contributed by atoms with Gasteiger partial charge in [0.25, 0.3) is 0 Å². The molecule has 19 heavy (non-hydrogen) atoms. The van der Waals surface area contributed by atoms with Gasteiger partial charge >= 0.3 is 6.09 Å². The maximum atomic E-state index is 11.9. The fourth-order valence-electron chi connectivity index (χ4n) is 2.24. The summed E-state index contributed by atoms with van der Waals surface area (Å²) in [6, 6.07) is 4.22. The summed E-state index contributed by atoms with van der Waals surface area (Å²) in [5.74, 6) is 0. The Morgan fingerprint density at radius 1 is 1.58 bits per heavy atom. The van der Waals surface area contributed by atoms with E-state index in [-0.39, 0.29) is 5.02 Å². The van der Waals surface area contributed by atoms with Crippen molar-refractivity contribution >= 4 is 29.1 Å². The first-order valence-corrected chi connectivity index (χ1v) is 6.18. The summed E-state index contributed by atoms with van der Waals surface area (Å²) in [5, 5.41) is 10.1. The molecule has 1 N–H and O–H groups in total. The molecule has 0 bridgehead atoms. The molecule has 1 aliphatic rings. The lowest BCUT2D eigenvalue weighted by Gasteiger charge is -2.25. The van der Waals surface area contributed by atoms with Gasteiger partial charge in [0.15, 0.2) is 0 Å². The van der Waals surface area contributed by atoms with Crippen LogP contribution in [-0.2, 0) is 4.74 Å². The van der Waals surface area contributed by atoms with Gasteiger partial charge in [0.1, 0.15) is 12.1 Å². The van der Waals surface area contributed by atoms with Crippen LogP contribution in [0.4, 0.5) is 16.2 Å². The summed E-state index contributed by atoms with van der Waals surface area (Å²) < 4.78 is 5.12. The van der Waals surface area contributed by atoms with Gasteiger partial charge in [-0.3, -0.25) is 4.90 Å². The van der Waals surface area contributed by atoms with E-state index in [1.54, 1.807) is 26.0 Å². The number of cyclic esters (lactones) is 1. The molecule has 0 spiro atoms. The van der Waals surface area contributed by atoms with E-state index in [1.165, 1.54) is 11.0 Å². The third-order valence-corrected chi connectivity index (χ3v) is 3.39. The zero-order valence-corrected chi connectivity index (χ0v) is 11.3. The second kappa shape index (κ2) is 5.08. The minimum absolute atomic E-state index is 0.268. The van der Waals surface area contributed by atoms with Gasteiger partial charge in [0, 0.05) is 10.7 Å². The summed E-state index contributed by atoms with van der Waals surface area (Å²) in [7, 11) is 0. The highest BCUT2D eigenvalue weighted by molar-refractivity contribution is 6.33. The number of rotatable bonds is 2. The number of benzene rings is 1. The Hall–Kier alpha value is -1.77. The van der Waals surface area contributed by atoms with Gasteiger partial charge in [-0.2, -0.15) is 0 Å². The molecule has 5 nitrogen and oxygen atoms in total. The number of carbonyl (C=O) groups is 1. The van der Waals surface area contributed by atoms with Crippen LogP contribution in [0.2, 0.25) is 5.02 Å². The van der Waals surface area contributed by atoms with E-state index in [1.807, 2.05) is 0 Å². The molecule has 0 radical (unpaired) electrons.